The van der Waals surface area contributed by atoms with Gasteiger partial charge in [-0.05, 0) is 59.7 Å². The SMILES string of the molecule is COCCn1c(Cc2ccc(-c3cccnc3OCc3ccc(C#N)cc3F)cc2F)nc2ccc(C(=O)OC)cc21. The lowest BCUT2D eigenvalue weighted by molar-refractivity contribution is 0.0601. The Morgan fingerprint density at radius 2 is 1.81 bits per heavy atom. The predicted molar refractivity (Wildman–Crippen MR) is 151 cm³/mol. The Bertz CT molecular complexity index is 1810. The Morgan fingerprint density at radius 1 is 1.00 bits per heavy atom. The third kappa shape index (κ3) is 5.96. The van der Waals surface area contributed by atoms with E-state index >= 15 is 4.39 Å². The van der Waals surface area contributed by atoms with Crippen LogP contribution in [0.4, 0.5) is 8.78 Å². The van der Waals surface area contributed by atoms with E-state index < -0.39 is 17.6 Å². The highest BCUT2D eigenvalue weighted by Crippen LogP contribution is 2.31. The topological polar surface area (TPSA) is 99.3 Å². The largest absolute Gasteiger partial charge is 0.472 e. The van der Waals surface area contributed by atoms with Crippen molar-refractivity contribution in [1.82, 2.24) is 14.5 Å². The zero-order valence-corrected chi connectivity index (χ0v) is 22.9. The van der Waals surface area contributed by atoms with Gasteiger partial charge in [0.1, 0.15) is 24.1 Å². The van der Waals surface area contributed by atoms with Crippen molar-refractivity contribution in [3.05, 3.63) is 113 Å². The van der Waals surface area contributed by atoms with Crippen LogP contribution >= 0.6 is 0 Å². The number of methoxy groups -OCH3 is 2. The Kier molecular flexibility index (Phi) is 8.50. The molecule has 0 N–H and O–H groups in total. The summed E-state index contributed by atoms with van der Waals surface area (Å²) in [5.74, 6) is -0.622. The Labute approximate surface area is 240 Å². The fourth-order valence-corrected chi connectivity index (χ4v) is 4.62. The monoisotopic (exact) mass is 568 g/mol. The number of hydrogen-bond acceptors (Lipinski definition) is 7. The summed E-state index contributed by atoms with van der Waals surface area (Å²) in [6, 6.07) is 19.4. The summed E-state index contributed by atoms with van der Waals surface area (Å²) in [5.41, 5.74) is 3.76. The van der Waals surface area contributed by atoms with E-state index in [1.165, 1.54) is 31.5 Å². The van der Waals surface area contributed by atoms with Gasteiger partial charge in [-0.25, -0.2) is 23.5 Å². The van der Waals surface area contributed by atoms with E-state index in [9.17, 15) is 9.18 Å². The lowest BCUT2D eigenvalue weighted by atomic mass is 10.0. The Hall–Kier alpha value is -5.14. The molecule has 5 rings (SSSR count). The molecule has 0 atom stereocenters. The number of carbonyl (C=O) groups excluding carboxylic acids is 1. The number of pyridine rings is 1. The van der Waals surface area contributed by atoms with E-state index in [-0.39, 0.29) is 30.0 Å². The van der Waals surface area contributed by atoms with E-state index in [1.807, 2.05) is 10.6 Å². The van der Waals surface area contributed by atoms with Crippen LogP contribution in [0.15, 0.2) is 72.9 Å². The molecule has 0 aliphatic carbocycles. The quantitative estimate of drug-likeness (QED) is 0.195. The molecule has 0 saturated carbocycles. The number of benzene rings is 3. The first-order chi connectivity index (χ1) is 20.4. The van der Waals surface area contributed by atoms with Crippen LogP contribution in [-0.2, 0) is 29.0 Å². The van der Waals surface area contributed by atoms with Crippen molar-refractivity contribution >= 4 is 17.0 Å². The molecule has 0 spiro atoms. The van der Waals surface area contributed by atoms with Crippen LogP contribution < -0.4 is 4.74 Å². The van der Waals surface area contributed by atoms with Crippen molar-refractivity contribution in [2.45, 2.75) is 19.6 Å². The van der Waals surface area contributed by atoms with Crippen molar-refractivity contribution in [1.29, 1.82) is 5.26 Å². The van der Waals surface area contributed by atoms with Crippen molar-refractivity contribution in [3.8, 4) is 23.1 Å². The number of aromatic nitrogens is 3. The highest BCUT2D eigenvalue weighted by molar-refractivity contribution is 5.93. The molecule has 0 unspecified atom stereocenters. The molecule has 8 nitrogen and oxygen atoms in total. The second kappa shape index (κ2) is 12.6. The summed E-state index contributed by atoms with van der Waals surface area (Å²) >= 11 is 0. The van der Waals surface area contributed by atoms with Gasteiger partial charge in [-0.2, -0.15) is 5.26 Å². The summed E-state index contributed by atoms with van der Waals surface area (Å²) in [7, 11) is 2.91. The molecule has 10 heteroatoms. The molecular formula is C32H26F2N4O4. The number of nitriles is 1. The molecule has 0 saturated heterocycles. The number of esters is 1. The van der Waals surface area contributed by atoms with Gasteiger partial charge in [-0.3, -0.25) is 0 Å². The van der Waals surface area contributed by atoms with Gasteiger partial charge in [0.15, 0.2) is 0 Å². The first kappa shape index (κ1) is 28.4. The summed E-state index contributed by atoms with van der Waals surface area (Å²) in [5, 5.41) is 8.95. The molecule has 0 aliphatic rings. The molecule has 0 aliphatic heterocycles. The van der Waals surface area contributed by atoms with Gasteiger partial charge in [-0.1, -0.05) is 18.2 Å². The molecule has 0 amide bonds. The second-order valence-electron chi connectivity index (χ2n) is 9.41. The van der Waals surface area contributed by atoms with Gasteiger partial charge in [-0.15, -0.1) is 0 Å². The van der Waals surface area contributed by atoms with Crippen molar-refractivity contribution in [2.24, 2.45) is 0 Å². The van der Waals surface area contributed by atoms with Crippen molar-refractivity contribution in [3.63, 3.8) is 0 Å². The van der Waals surface area contributed by atoms with E-state index in [0.29, 0.717) is 46.7 Å². The minimum Gasteiger partial charge on any atom is -0.472 e. The number of fused-ring (bicyclic) bond motifs is 1. The molecule has 0 bridgehead atoms. The van der Waals surface area contributed by atoms with Gasteiger partial charge in [0.05, 0.1) is 41.9 Å². The molecular weight excluding hydrogens is 542 g/mol. The van der Waals surface area contributed by atoms with Crippen LogP contribution in [0.5, 0.6) is 5.88 Å². The van der Waals surface area contributed by atoms with Crippen molar-refractivity contribution < 1.29 is 27.8 Å². The minimum atomic E-state index is -0.556. The number of hydrogen-bond donors (Lipinski definition) is 0. The van der Waals surface area contributed by atoms with Gasteiger partial charge in [0, 0.05) is 37.4 Å². The fraction of sp³-hybridized carbons (Fsp3) is 0.188. The van der Waals surface area contributed by atoms with Crippen LogP contribution in [0, 0.1) is 23.0 Å². The summed E-state index contributed by atoms with van der Waals surface area (Å²) in [6.07, 6.45) is 1.74. The zero-order valence-electron chi connectivity index (χ0n) is 22.9. The van der Waals surface area contributed by atoms with E-state index in [2.05, 4.69) is 4.98 Å². The van der Waals surface area contributed by atoms with E-state index in [4.69, 9.17) is 24.5 Å². The van der Waals surface area contributed by atoms with Gasteiger partial charge in [0.2, 0.25) is 5.88 Å². The number of nitrogens with zero attached hydrogens (tertiary/aromatic N) is 4. The minimum absolute atomic E-state index is 0.114. The van der Waals surface area contributed by atoms with E-state index in [0.717, 1.165) is 11.6 Å². The van der Waals surface area contributed by atoms with Gasteiger partial charge >= 0.3 is 5.97 Å². The van der Waals surface area contributed by atoms with Gasteiger partial charge < -0.3 is 18.8 Å². The van der Waals surface area contributed by atoms with Crippen molar-refractivity contribution in [2.75, 3.05) is 20.8 Å². The first-order valence-corrected chi connectivity index (χ1v) is 13.0. The lowest BCUT2D eigenvalue weighted by Crippen LogP contribution is -2.10. The smallest absolute Gasteiger partial charge is 0.337 e. The Balaban J connectivity index is 1.41. The summed E-state index contributed by atoms with van der Waals surface area (Å²) < 4.78 is 47.7. The molecule has 0 fully saturated rings. The lowest BCUT2D eigenvalue weighted by Gasteiger charge is -2.13. The predicted octanol–water partition coefficient (Wildman–Crippen LogP) is 5.85. The zero-order chi connectivity index (χ0) is 29.6. The highest BCUT2D eigenvalue weighted by Gasteiger charge is 2.17. The van der Waals surface area contributed by atoms with Crippen LogP contribution in [-0.4, -0.2) is 41.3 Å². The van der Waals surface area contributed by atoms with Crippen LogP contribution in [0.25, 0.3) is 22.2 Å². The number of halogens is 2. The van der Waals surface area contributed by atoms with Crippen LogP contribution in [0.3, 0.4) is 0 Å². The molecule has 5 aromatic rings. The molecule has 42 heavy (non-hydrogen) atoms. The maximum atomic E-state index is 15.5. The molecule has 2 aromatic heterocycles. The highest BCUT2D eigenvalue weighted by atomic mass is 19.1. The fourth-order valence-electron chi connectivity index (χ4n) is 4.62. The maximum Gasteiger partial charge on any atom is 0.337 e. The average molecular weight is 569 g/mol. The number of imidazole rings is 1. The van der Waals surface area contributed by atoms with Gasteiger partial charge in [0.25, 0.3) is 0 Å². The van der Waals surface area contributed by atoms with E-state index in [1.54, 1.807) is 49.6 Å². The second-order valence-corrected chi connectivity index (χ2v) is 9.41. The molecule has 3 aromatic carbocycles. The summed E-state index contributed by atoms with van der Waals surface area (Å²) in [4.78, 5) is 21.1. The summed E-state index contributed by atoms with van der Waals surface area (Å²) in [6.45, 7) is 0.749. The average Bonchev–Trinajstić information content (AvgIpc) is 3.35. The first-order valence-electron chi connectivity index (χ1n) is 13.0. The third-order valence-electron chi connectivity index (χ3n) is 6.80. The molecule has 0 radical (unpaired) electrons. The number of rotatable bonds is 10. The maximum absolute atomic E-state index is 15.5. The van der Waals surface area contributed by atoms with Crippen LogP contribution in [0.2, 0.25) is 0 Å². The Morgan fingerprint density at radius 3 is 2.55 bits per heavy atom. The standard InChI is InChI=1S/C32H26F2N4O4/c1-40-13-12-38-29-16-23(32(39)41-2)9-10-28(29)37-30(38)17-22-8-7-21(15-27(22)34)25-4-3-11-36-31(25)42-19-24-6-5-20(18-35)14-26(24)33/h3-11,14-16H,12-13,17,19H2,1-2H3. The molecule has 212 valence electrons. The van der Waals surface area contributed by atoms with Crippen LogP contribution in [0.1, 0.15) is 32.9 Å². The molecule has 2 heterocycles. The number of carbonyl (C=O) groups is 1. The normalized spacial score (nSPS) is 10.9. The third-order valence-corrected chi connectivity index (χ3v) is 6.80. The number of ether oxygens (including phenoxy) is 3.